The van der Waals surface area contributed by atoms with Gasteiger partial charge in [0, 0.05) is 32.4 Å². The van der Waals surface area contributed by atoms with Gasteiger partial charge in [0.15, 0.2) is 4.90 Å². The maximum Gasteiger partial charge on any atom is 0.416 e. The van der Waals surface area contributed by atoms with E-state index in [2.05, 4.69) is 0 Å². The third-order valence-corrected chi connectivity index (χ3v) is 6.94. The minimum atomic E-state index is -4.52. The average molecular weight is 429 g/mol. The van der Waals surface area contributed by atoms with Gasteiger partial charge in [0.1, 0.15) is 0 Å². The summed E-state index contributed by atoms with van der Waals surface area (Å²) in [7, 11) is -1.35. The van der Waals surface area contributed by atoms with E-state index in [1.165, 1.54) is 25.2 Å². The van der Waals surface area contributed by atoms with Gasteiger partial charge in [-0.05, 0) is 30.2 Å². The van der Waals surface area contributed by atoms with Gasteiger partial charge >= 0.3 is 6.18 Å². The molecular formula is C18H18F3N3O4S. The quantitative estimate of drug-likeness (QED) is 0.545. The van der Waals surface area contributed by atoms with Crippen LogP contribution in [-0.2, 0) is 16.2 Å². The number of rotatable bonds is 4. The molecule has 0 saturated carbocycles. The third-order valence-electron chi connectivity index (χ3n) is 5.02. The maximum atomic E-state index is 13.1. The zero-order valence-corrected chi connectivity index (χ0v) is 16.4. The Bertz CT molecular complexity index is 1060. The van der Waals surface area contributed by atoms with Crippen LogP contribution in [0.25, 0.3) is 0 Å². The molecule has 0 bridgehead atoms. The number of alkyl halides is 3. The van der Waals surface area contributed by atoms with Gasteiger partial charge in [-0.1, -0.05) is 18.2 Å². The summed E-state index contributed by atoms with van der Waals surface area (Å²) in [5.41, 5.74) is -0.690. The van der Waals surface area contributed by atoms with Crippen molar-refractivity contribution in [2.45, 2.75) is 23.5 Å². The minimum Gasteiger partial charge on any atom is -0.374 e. The van der Waals surface area contributed by atoms with Crippen LogP contribution < -0.4 is 4.90 Å². The van der Waals surface area contributed by atoms with Crippen molar-refractivity contribution in [2.24, 2.45) is 0 Å². The van der Waals surface area contributed by atoms with Gasteiger partial charge in [-0.15, -0.1) is 0 Å². The predicted octanol–water partition coefficient (Wildman–Crippen LogP) is 3.82. The second-order valence-corrected chi connectivity index (χ2v) is 8.71. The first kappa shape index (κ1) is 21.1. The number of benzene rings is 2. The zero-order valence-electron chi connectivity index (χ0n) is 15.5. The molecule has 11 heteroatoms. The fourth-order valence-electron chi connectivity index (χ4n) is 3.45. The second-order valence-electron chi connectivity index (χ2n) is 6.74. The summed E-state index contributed by atoms with van der Waals surface area (Å²) in [6, 6.07) is 7.40. The van der Waals surface area contributed by atoms with Gasteiger partial charge in [-0.25, -0.2) is 8.42 Å². The van der Waals surface area contributed by atoms with Crippen LogP contribution in [0.15, 0.2) is 47.4 Å². The number of nitro groups is 1. The number of nitro benzene ring substituents is 1. The van der Waals surface area contributed by atoms with E-state index in [0.29, 0.717) is 18.5 Å². The second kappa shape index (κ2) is 7.30. The molecule has 1 atom stereocenters. The summed E-state index contributed by atoms with van der Waals surface area (Å²) in [6.45, 7) is 0.329. The SMILES string of the molecule is CN1CCC(N(C)S(=O)(=O)c2ccccc2[N+](=O)[O-])c2ccc(C(F)(F)F)cc21. The van der Waals surface area contributed by atoms with E-state index >= 15 is 0 Å². The molecule has 29 heavy (non-hydrogen) atoms. The van der Waals surface area contributed by atoms with Crippen molar-refractivity contribution < 1.29 is 26.5 Å². The van der Waals surface area contributed by atoms with Crippen LogP contribution in [0.3, 0.4) is 0 Å². The standard InChI is InChI=1S/C18H18F3N3O4S/c1-22-10-9-14(13-8-7-12(11-16(13)22)18(19,20)21)23(2)29(27,28)17-6-4-3-5-15(17)24(25)26/h3-8,11,14H,9-10H2,1-2H3. The number of nitrogens with zero attached hydrogens (tertiary/aromatic N) is 3. The molecule has 0 N–H and O–H groups in total. The summed E-state index contributed by atoms with van der Waals surface area (Å²) < 4.78 is 66.4. The molecule has 1 heterocycles. The van der Waals surface area contributed by atoms with Gasteiger partial charge < -0.3 is 4.90 Å². The Morgan fingerprint density at radius 1 is 1.21 bits per heavy atom. The summed E-state index contributed by atoms with van der Waals surface area (Å²) in [5, 5.41) is 11.2. The van der Waals surface area contributed by atoms with E-state index in [1.54, 1.807) is 11.9 Å². The lowest BCUT2D eigenvalue weighted by atomic mass is 9.95. The third kappa shape index (κ3) is 3.79. The summed E-state index contributed by atoms with van der Waals surface area (Å²) in [6.07, 6.45) is -4.20. The smallest absolute Gasteiger partial charge is 0.374 e. The van der Waals surface area contributed by atoms with Crippen molar-refractivity contribution in [3.8, 4) is 0 Å². The molecule has 7 nitrogen and oxygen atoms in total. The number of hydrogen-bond acceptors (Lipinski definition) is 5. The molecule has 0 aromatic heterocycles. The number of halogens is 3. The van der Waals surface area contributed by atoms with Crippen LogP contribution in [0.4, 0.5) is 24.5 Å². The van der Waals surface area contributed by atoms with Crippen LogP contribution in [0, 0.1) is 10.1 Å². The molecule has 1 aliphatic heterocycles. The van der Waals surface area contributed by atoms with Crippen LogP contribution in [0.5, 0.6) is 0 Å². The number of sulfonamides is 1. The molecule has 0 fully saturated rings. The summed E-state index contributed by atoms with van der Waals surface area (Å²) in [4.78, 5) is 11.6. The molecule has 0 radical (unpaired) electrons. The lowest BCUT2D eigenvalue weighted by Gasteiger charge is -2.37. The van der Waals surface area contributed by atoms with Gasteiger partial charge in [0.05, 0.1) is 16.5 Å². The molecule has 0 aliphatic carbocycles. The summed E-state index contributed by atoms with van der Waals surface area (Å²) >= 11 is 0. The van der Waals surface area contributed by atoms with Gasteiger partial charge in [0.25, 0.3) is 5.69 Å². The minimum absolute atomic E-state index is 0.278. The topological polar surface area (TPSA) is 83.8 Å². The van der Waals surface area contributed by atoms with Crippen molar-refractivity contribution in [3.63, 3.8) is 0 Å². The van der Waals surface area contributed by atoms with E-state index in [1.807, 2.05) is 0 Å². The van der Waals surface area contributed by atoms with Crippen molar-refractivity contribution in [3.05, 3.63) is 63.7 Å². The Morgan fingerprint density at radius 3 is 2.48 bits per heavy atom. The Morgan fingerprint density at radius 2 is 1.86 bits per heavy atom. The molecule has 2 aromatic carbocycles. The van der Waals surface area contributed by atoms with Gasteiger partial charge in [0.2, 0.25) is 10.0 Å². The summed E-state index contributed by atoms with van der Waals surface area (Å²) in [5.74, 6) is 0. The largest absolute Gasteiger partial charge is 0.416 e. The molecule has 1 unspecified atom stereocenters. The highest BCUT2D eigenvalue weighted by Gasteiger charge is 2.38. The highest BCUT2D eigenvalue weighted by molar-refractivity contribution is 7.89. The van der Waals surface area contributed by atoms with Crippen LogP contribution in [0.1, 0.15) is 23.6 Å². The van der Waals surface area contributed by atoms with Crippen molar-refractivity contribution >= 4 is 21.4 Å². The van der Waals surface area contributed by atoms with E-state index < -0.39 is 43.3 Å². The average Bonchev–Trinajstić information content (AvgIpc) is 2.67. The number of para-hydroxylation sites is 1. The molecule has 0 spiro atoms. The predicted molar refractivity (Wildman–Crippen MR) is 100 cm³/mol. The highest BCUT2D eigenvalue weighted by Crippen LogP contribution is 2.42. The molecule has 2 aromatic rings. The van der Waals surface area contributed by atoms with Crippen molar-refractivity contribution in [1.82, 2.24) is 4.31 Å². The van der Waals surface area contributed by atoms with Gasteiger partial charge in [-0.3, -0.25) is 10.1 Å². The van der Waals surface area contributed by atoms with Crippen molar-refractivity contribution in [1.29, 1.82) is 0 Å². The Labute approximate surface area is 165 Å². The lowest BCUT2D eigenvalue weighted by Crippen LogP contribution is -2.38. The first-order valence-electron chi connectivity index (χ1n) is 8.58. The molecule has 1 aliphatic rings. The monoisotopic (exact) mass is 429 g/mol. The fraction of sp³-hybridized carbons (Fsp3) is 0.333. The Kier molecular flexibility index (Phi) is 5.30. The van der Waals surface area contributed by atoms with Crippen LogP contribution in [-0.4, -0.2) is 38.3 Å². The number of hydrogen-bond donors (Lipinski definition) is 0. The first-order valence-corrected chi connectivity index (χ1v) is 10.0. The molecule has 0 saturated heterocycles. The zero-order chi connectivity index (χ0) is 21.6. The van der Waals surface area contributed by atoms with Gasteiger partial charge in [-0.2, -0.15) is 17.5 Å². The Hall–Kier alpha value is -2.66. The lowest BCUT2D eigenvalue weighted by molar-refractivity contribution is -0.387. The van der Waals surface area contributed by atoms with Crippen molar-refractivity contribution in [2.75, 3.05) is 25.5 Å². The highest BCUT2D eigenvalue weighted by atomic mass is 32.2. The molecule has 0 amide bonds. The number of fused-ring (bicyclic) bond motifs is 1. The van der Waals surface area contributed by atoms with Crippen LogP contribution >= 0.6 is 0 Å². The molecule has 156 valence electrons. The van der Waals surface area contributed by atoms with Crippen LogP contribution in [0.2, 0.25) is 0 Å². The number of anilines is 1. The normalized spacial score (nSPS) is 17.3. The first-order chi connectivity index (χ1) is 13.4. The van der Waals surface area contributed by atoms with E-state index in [-0.39, 0.29) is 5.69 Å². The molecule has 3 rings (SSSR count). The molecular weight excluding hydrogens is 411 g/mol. The van der Waals surface area contributed by atoms with E-state index in [0.717, 1.165) is 28.6 Å². The fourth-order valence-corrected chi connectivity index (χ4v) is 4.97. The van der Waals surface area contributed by atoms with E-state index in [4.69, 9.17) is 0 Å². The maximum absolute atomic E-state index is 13.1. The Balaban J connectivity index is 2.07. The van der Waals surface area contributed by atoms with E-state index in [9.17, 15) is 31.7 Å².